The number of methoxy groups -OCH3 is 1. The van der Waals surface area contributed by atoms with Gasteiger partial charge in [-0.2, -0.15) is 18.4 Å². The number of alkyl halides is 3. The zero-order valence-electron chi connectivity index (χ0n) is 16.4. The maximum absolute atomic E-state index is 13.0. The molecule has 0 N–H and O–H groups in total. The number of nitrogens with zero attached hydrogens (tertiary/aromatic N) is 4. The Kier molecular flexibility index (Phi) is 6.32. The molecule has 1 aromatic heterocycles. The van der Waals surface area contributed by atoms with Gasteiger partial charge in [0, 0.05) is 32.2 Å². The molecule has 1 saturated carbocycles. The monoisotopic (exact) mass is 410 g/mol. The molecule has 0 unspecified atom stereocenters. The molecule has 158 valence electrons. The molecule has 1 amide bonds. The molecule has 0 spiro atoms. The predicted molar refractivity (Wildman–Crippen MR) is 99.0 cm³/mol. The van der Waals surface area contributed by atoms with E-state index in [1.807, 2.05) is 0 Å². The van der Waals surface area contributed by atoms with Crippen molar-refractivity contribution >= 4 is 6.09 Å². The summed E-state index contributed by atoms with van der Waals surface area (Å²) >= 11 is 0. The molecule has 6 nitrogen and oxygen atoms in total. The van der Waals surface area contributed by atoms with Crippen LogP contribution in [0.25, 0.3) is 0 Å². The average Bonchev–Trinajstić information content (AvgIpc) is 2.99. The molecule has 1 aliphatic heterocycles. The molecular formula is C20H25F3N4O2. The Bertz CT molecular complexity index is 770. The summed E-state index contributed by atoms with van der Waals surface area (Å²) in [5.41, 5.74) is -1.73. The number of rotatable bonds is 2. The van der Waals surface area contributed by atoms with E-state index in [1.165, 1.54) is 19.2 Å². The molecule has 9 heteroatoms. The van der Waals surface area contributed by atoms with Crippen LogP contribution in [0.15, 0.2) is 18.2 Å². The second kappa shape index (κ2) is 8.57. The summed E-state index contributed by atoms with van der Waals surface area (Å²) in [4.78, 5) is 19.5. The Morgan fingerprint density at radius 1 is 1.24 bits per heavy atom. The lowest BCUT2D eigenvalue weighted by Crippen LogP contribution is -2.44. The summed E-state index contributed by atoms with van der Waals surface area (Å²) in [6.07, 6.45) is -1.65. The molecule has 0 aromatic carbocycles. The zero-order valence-corrected chi connectivity index (χ0v) is 16.4. The first-order chi connectivity index (χ1) is 13.8. The fourth-order valence-electron chi connectivity index (χ4n) is 4.36. The van der Waals surface area contributed by atoms with Crippen molar-refractivity contribution in [2.45, 2.75) is 49.7 Å². The third kappa shape index (κ3) is 4.64. The summed E-state index contributed by atoms with van der Waals surface area (Å²) in [6, 6.07) is 6.30. The molecule has 0 bridgehead atoms. The number of hydrogen-bond acceptors (Lipinski definition) is 5. The molecule has 1 saturated heterocycles. The minimum Gasteiger partial charge on any atom is -0.453 e. The zero-order chi connectivity index (χ0) is 21.1. The van der Waals surface area contributed by atoms with E-state index in [0.717, 1.165) is 25.6 Å². The van der Waals surface area contributed by atoms with E-state index in [0.29, 0.717) is 38.8 Å². The highest BCUT2D eigenvalue weighted by molar-refractivity contribution is 5.67. The first kappa shape index (κ1) is 21.4. The second-order valence-corrected chi connectivity index (χ2v) is 7.68. The molecule has 29 heavy (non-hydrogen) atoms. The van der Waals surface area contributed by atoms with Gasteiger partial charge >= 0.3 is 12.3 Å². The lowest BCUT2D eigenvalue weighted by Gasteiger charge is -2.39. The number of hydrogen-bond donors (Lipinski definition) is 0. The number of pyridine rings is 1. The second-order valence-electron chi connectivity index (χ2n) is 7.68. The number of aromatic nitrogens is 1. The number of nitriles is 1. The van der Waals surface area contributed by atoms with Crippen LogP contribution in [-0.4, -0.2) is 60.2 Å². The third-order valence-corrected chi connectivity index (χ3v) is 6.03. The number of amides is 1. The summed E-state index contributed by atoms with van der Waals surface area (Å²) in [7, 11) is 1.37. The number of ether oxygens (including phenoxy) is 1. The van der Waals surface area contributed by atoms with Gasteiger partial charge in [-0.05, 0) is 44.2 Å². The van der Waals surface area contributed by atoms with Crippen molar-refractivity contribution in [2.75, 3.05) is 33.3 Å². The van der Waals surface area contributed by atoms with Gasteiger partial charge in [-0.15, -0.1) is 0 Å². The normalized spacial score (nSPS) is 26.4. The van der Waals surface area contributed by atoms with Crippen LogP contribution in [0.5, 0.6) is 0 Å². The molecule has 3 rings (SSSR count). The average molecular weight is 410 g/mol. The number of carbonyl (C=O) groups is 1. The van der Waals surface area contributed by atoms with E-state index in [2.05, 4.69) is 16.0 Å². The molecule has 0 atom stereocenters. The van der Waals surface area contributed by atoms with Crippen LogP contribution >= 0.6 is 0 Å². The number of halogens is 3. The summed E-state index contributed by atoms with van der Waals surface area (Å²) in [5.74, 6) is 0. The molecule has 2 heterocycles. The predicted octanol–water partition coefficient (Wildman–Crippen LogP) is 3.58. The van der Waals surface area contributed by atoms with E-state index in [4.69, 9.17) is 4.74 Å². The fraction of sp³-hybridized carbons (Fsp3) is 0.650. The largest absolute Gasteiger partial charge is 0.453 e. The highest BCUT2D eigenvalue weighted by Gasteiger charge is 2.42. The van der Waals surface area contributed by atoms with Gasteiger partial charge in [0.1, 0.15) is 5.69 Å². The lowest BCUT2D eigenvalue weighted by atomic mass is 9.71. The quantitative estimate of drug-likeness (QED) is 0.746. The van der Waals surface area contributed by atoms with Crippen LogP contribution in [0.3, 0.4) is 0 Å². The first-order valence-corrected chi connectivity index (χ1v) is 9.82. The van der Waals surface area contributed by atoms with Crippen molar-refractivity contribution in [3.63, 3.8) is 0 Å². The smallest absolute Gasteiger partial charge is 0.433 e. The third-order valence-electron chi connectivity index (χ3n) is 6.03. The Labute approximate surface area is 168 Å². The Hall–Kier alpha value is -2.34. The SMILES string of the molecule is COC(=O)N1CCCN(C2CCC(C#N)(c3cccc(C(F)(F)F)n3)CC2)CC1. The summed E-state index contributed by atoms with van der Waals surface area (Å²) in [6.45, 7) is 2.80. The van der Waals surface area contributed by atoms with Crippen LogP contribution in [0.1, 0.15) is 43.5 Å². The van der Waals surface area contributed by atoms with Crippen LogP contribution < -0.4 is 0 Å². The fourth-order valence-corrected chi connectivity index (χ4v) is 4.36. The minimum absolute atomic E-state index is 0.209. The molecule has 2 aliphatic rings. The number of carbonyl (C=O) groups excluding carboxylic acids is 1. The highest BCUT2D eigenvalue weighted by Crippen LogP contribution is 2.40. The van der Waals surface area contributed by atoms with Gasteiger partial charge in [0.15, 0.2) is 0 Å². The van der Waals surface area contributed by atoms with Gasteiger partial charge < -0.3 is 9.64 Å². The van der Waals surface area contributed by atoms with Crippen molar-refractivity contribution in [3.05, 3.63) is 29.6 Å². The molecule has 1 aromatic rings. The van der Waals surface area contributed by atoms with E-state index in [-0.39, 0.29) is 17.8 Å². The van der Waals surface area contributed by atoms with Gasteiger partial charge in [0.25, 0.3) is 0 Å². The van der Waals surface area contributed by atoms with Crippen LogP contribution in [-0.2, 0) is 16.3 Å². The molecule has 2 fully saturated rings. The van der Waals surface area contributed by atoms with Gasteiger partial charge in [-0.1, -0.05) is 6.07 Å². The van der Waals surface area contributed by atoms with E-state index < -0.39 is 17.3 Å². The molecular weight excluding hydrogens is 385 g/mol. The minimum atomic E-state index is -4.53. The Balaban J connectivity index is 1.67. The van der Waals surface area contributed by atoms with E-state index >= 15 is 0 Å². The van der Waals surface area contributed by atoms with Crippen LogP contribution in [0, 0.1) is 11.3 Å². The van der Waals surface area contributed by atoms with Gasteiger partial charge in [0.2, 0.25) is 0 Å². The Morgan fingerprint density at radius 3 is 2.59 bits per heavy atom. The first-order valence-electron chi connectivity index (χ1n) is 9.82. The highest BCUT2D eigenvalue weighted by atomic mass is 19.4. The Morgan fingerprint density at radius 2 is 1.97 bits per heavy atom. The summed E-state index contributed by atoms with van der Waals surface area (Å²) < 4.78 is 43.9. The van der Waals surface area contributed by atoms with Gasteiger partial charge in [0.05, 0.1) is 24.3 Å². The van der Waals surface area contributed by atoms with Crippen LogP contribution in [0.2, 0.25) is 0 Å². The van der Waals surface area contributed by atoms with Crippen molar-refractivity contribution in [1.82, 2.24) is 14.8 Å². The van der Waals surface area contributed by atoms with E-state index in [1.54, 1.807) is 4.90 Å². The van der Waals surface area contributed by atoms with Crippen molar-refractivity contribution in [3.8, 4) is 6.07 Å². The topological polar surface area (TPSA) is 69.5 Å². The maximum atomic E-state index is 13.0. The molecule has 0 radical (unpaired) electrons. The standard InChI is InChI=1S/C20H25F3N4O2/c1-29-18(28)27-11-3-10-26(12-13-27)15-6-8-19(14-24,9-7-15)16-4-2-5-17(25-16)20(21,22)23/h2,4-5,15H,3,6-13H2,1H3. The maximum Gasteiger partial charge on any atom is 0.433 e. The summed E-state index contributed by atoms with van der Waals surface area (Å²) in [5, 5.41) is 9.81. The van der Waals surface area contributed by atoms with E-state index in [9.17, 15) is 23.2 Å². The lowest BCUT2D eigenvalue weighted by molar-refractivity contribution is -0.141. The van der Waals surface area contributed by atoms with Gasteiger partial charge in [-0.25, -0.2) is 9.78 Å². The van der Waals surface area contributed by atoms with Crippen LogP contribution in [0.4, 0.5) is 18.0 Å². The van der Waals surface area contributed by atoms with Crippen molar-refractivity contribution in [1.29, 1.82) is 5.26 Å². The van der Waals surface area contributed by atoms with Crippen molar-refractivity contribution in [2.24, 2.45) is 0 Å². The van der Waals surface area contributed by atoms with Gasteiger partial charge in [-0.3, -0.25) is 4.90 Å². The molecule has 1 aliphatic carbocycles. The van der Waals surface area contributed by atoms with Crippen molar-refractivity contribution < 1.29 is 22.7 Å².